The van der Waals surface area contributed by atoms with Crippen molar-refractivity contribution < 1.29 is 14.7 Å². The van der Waals surface area contributed by atoms with Crippen LogP contribution >= 0.6 is 52.1 Å². The van der Waals surface area contributed by atoms with Gasteiger partial charge in [0.25, 0.3) is 5.91 Å². The summed E-state index contributed by atoms with van der Waals surface area (Å²) in [6.07, 6.45) is 3.53. The van der Waals surface area contributed by atoms with Crippen LogP contribution in [0.15, 0.2) is 93.3 Å². The molecule has 1 aliphatic rings. The fourth-order valence-corrected chi connectivity index (χ4v) is 5.81. The zero-order chi connectivity index (χ0) is 28.2. The molecule has 2 heterocycles. The number of carboxylic acids is 1. The van der Waals surface area contributed by atoms with E-state index in [1.807, 2.05) is 78.9 Å². The van der Waals surface area contributed by atoms with Crippen molar-refractivity contribution in [2.75, 3.05) is 0 Å². The number of carbonyl (C=O) groups excluding carboxylic acids is 1. The van der Waals surface area contributed by atoms with Crippen molar-refractivity contribution in [3.05, 3.63) is 110 Å². The fourth-order valence-electron chi connectivity index (χ4n) is 4.01. The van der Waals surface area contributed by atoms with Crippen LogP contribution in [0.1, 0.15) is 16.7 Å². The van der Waals surface area contributed by atoms with E-state index in [9.17, 15) is 14.7 Å². The number of hydrogen-bond acceptors (Lipinski definition) is 7. The lowest BCUT2D eigenvalue weighted by Gasteiger charge is -2.23. The Morgan fingerprint density at radius 2 is 1.73 bits per heavy atom. The number of rotatable bonds is 8. The Morgan fingerprint density at radius 1 is 1.05 bits per heavy atom. The molecule has 1 fully saturated rings. The Morgan fingerprint density at radius 3 is 2.40 bits per heavy atom. The van der Waals surface area contributed by atoms with E-state index < -0.39 is 17.9 Å². The summed E-state index contributed by atoms with van der Waals surface area (Å²) in [5.74, 6) is -0.941. The maximum Gasteiger partial charge on any atom is 0.327 e. The number of aromatic amines is 1. The van der Waals surface area contributed by atoms with Crippen LogP contribution in [-0.4, -0.2) is 53.3 Å². The smallest absolute Gasteiger partial charge is 0.327 e. The van der Waals surface area contributed by atoms with Crippen LogP contribution in [0.5, 0.6) is 0 Å². The molecule has 12 heteroatoms. The number of thioether (sulfide) groups is 1. The number of amides is 1. The van der Waals surface area contributed by atoms with Crippen molar-refractivity contribution in [1.82, 2.24) is 19.8 Å². The lowest BCUT2D eigenvalue weighted by molar-refractivity contribution is -0.145. The summed E-state index contributed by atoms with van der Waals surface area (Å²) in [5, 5.41) is 21.4. The number of carbonyl (C=O) groups is 2. The summed E-state index contributed by atoms with van der Waals surface area (Å²) in [7, 11) is 0. The standard InChI is InChI=1S/C28H20BrN5O3S3/c29-21-12-10-20(11-13-21)24-31-32-27(38)34(24)30-16-19-8-6-18(7-9-19)15-23-25(35)33(28(39)40-23)22(26(36)37)14-17-4-2-1-3-5-17/h1-13,15-16,22H,14H2,(H,32,38)(H,36,37)/b23-15-,30-16+/t22-/m0/s1. The summed E-state index contributed by atoms with van der Waals surface area (Å²) >= 11 is 15.3. The highest BCUT2D eigenvalue weighted by atomic mass is 79.9. The number of nitrogens with one attached hydrogen (secondary N) is 1. The number of carboxylic acid groups (broad SMARTS) is 1. The normalized spacial score (nSPS) is 15.3. The minimum Gasteiger partial charge on any atom is -0.480 e. The van der Waals surface area contributed by atoms with Crippen LogP contribution in [0, 0.1) is 4.77 Å². The van der Waals surface area contributed by atoms with Crippen LogP contribution < -0.4 is 0 Å². The highest BCUT2D eigenvalue weighted by Gasteiger charge is 2.40. The van der Waals surface area contributed by atoms with Gasteiger partial charge in [-0.2, -0.15) is 14.9 Å². The molecule has 2 N–H and O–H groups in total. The number of hydrogen-bond donors (Lipinski definition) is 2. The molecule has 1 saturated heterocycles. The molecule has 0 spiro atoms. The van der Waals surface area contributed by atoms with Gasteiger partial charge in [-0.25, -0.2) is 9.89 Å². The average Bonchev–Trinajstić information content (AvgIpc) is 3.45. The zero-order valence-electron chi connectivity index (χ0n) is 20.6. The minimum atomic E-state index is -1.11. The van der Waals surface area contributed by atoms with Gasteiger partial charge in [-0.3, -0.25) is 9.69 Å². The minimum absolute atomic E-state index is 0.161. The molecule has 4 aromatic rings. The second-order valence-corrected chi connectivity index (χ2v) is 11.7. The first-order valence-corrected chi connectivity index (χ1v) is 14.3. The van der Waals surface area contributed by atoms with E-state index in [1.165, 1.54) is 4.90 Å². The molecular formula is C28H20BrN5O3S3. The number of halogens is 1. The third-order valence-electron chi connectivity index (χ3n) is 6.00. The Kier molecular flexibility index (Phi) is 8.50. The van der Waals surface area contributed by atoms with Gasteiger partial charge in [0.2, 0.25) is 4.77 Å². The third-order valence-corrected chi connectivity index (χ3v) is 8.12. The lowest BCUT2D eigenvalue weighted by Crippen LogP contribution is -2.45. The monoisotopic (exact) mass is 649 g/mol. The predicted octanol–water partition coefficient (Wildman–Crippen LogP) is 6.15. The van der Waals surface area contributed by atoms with E-state index in [1.54, 1.807) is 17.0 Å². The molecule has 1 aromatic heterocycles. The van der Waals surface area contributed by atoms with Gasteiger partial charge < -0.3 is 5.11 Å². The fraction of sp³-hybridized carbons (Fsp3) is 0.0714. The van der Waals surface area contributed by atoms with E-state index in [4.69, 9.17) is 24.4 Å². The Labute approximate surface area is 252 Å². The molecule has 1 amide bonds. The zero-order valence-corrected chi connectivity index (χ0v) is 24.6. The number of thiocarbonyl (C=S) groups is 1. The molecule has 40 heavy (non-hydrogen) atoms. The number of benzene rings is 3. The van der Waals surface area contributed by atoms with Crippen molar-refractivity contribution in [2.45, 2.75) is 12.5 Å². The van der Waals surface area contributed by atoms with E-state index >= 15 is 0 Å². The molecule has 0 unspecified atom stereocenters. The van der Waals surface area contributed by atoms with Gasteiger partial charge in [0, 0.05) is 16.5 Å². The van der Waals surface area contributed by atoms with Gasteiger partial charge in [-0.1, -0.05) is 107 Å². The van der Waals surface area contributed by atoms with E-state index in [0.29, 0.717) is 15.5 Å². The number of H-pyrrole nitrogens is 1. The highest BCUT2D eigenvalue weighted by molar-refractivity contribution is 9.10. The molecular weight excluding hydrogens is 630 g/mol. The van der Waals surface area contributed by atoms with Crippen LogP contribution in [0.3, 0.4) is 0 Å². The SMILES string of the molecule is O=C(O)[C@H](Cc1ccccc1)N1C(=O)/C(=C/c2ccc(/C=N/n3c(-c4ccc(Br)cc4)n[nH]c3=S)cc2)SC1=S. The summed E-state index contributed by atoms with van der Waals surface area (Å²) in [4.78, 5) is 26.8. The van der Waals surface area contributed by atoms with E-state index in [0.717, 1.165) is 38.5 Å². The van der Waals surface area contributed by atoms with Gasteiger partial charge in [0.05, 0.1) is 11.1 Å². The Balaban J connectivity index is 1.32. The molecule has 0 radical (unpaired) electrons. The highest BCUT2D eigenvalue weighted by Crippen LogP contribution is 2.35. The molecule has 5 rings (SSSR count). The van der Waals surface area contributed by atoms with E-state index in [2.05, 4.69) is 31.2 Å². The quantitative estimate of drug-likeness (QED) is 0.134. The van der Waals surface area contributed by atoms with Crippen LogP contribution in [0.25, 0.3) is 17.5 Å². The molecule has 8 nitrogen and oxygen atoms in total. The van der Waals surface area contributed by atoms with Gasteiger partial charge in [-0.15, -0.1) is 0 Å². The first-order valence-electron chi connectivity index (χ1n) is 11.9. The average molecular weight is 651 g/mol. The van der Waals surface area contributed by atoms with Crippen molar-refractivity contribution in [3.8, 4) is 11.4 Å². The van der Waals surface area contributed by atoms with E-state index in [-0.39, 0.29) is 10.7 Å². The third kappa shape index (κ3) is 6.20. The number of aliphatic carboxylic acids is 1. The van der Waals surface area contributed by atoms with Gasteiger partial charge in [-0.05, 0) is 47.1 Å². The van der Waals surface area contributed by atoms with Gasteiger partial charge in [0.15, 0.2) is 5.82 Å². The first kappa shape index (κ1) is 27.8. The second-order valence-electron chi connectivity index (χ2n) is 8.68. The number of aromatic nitrogens is 3. The van der Waals surface area contributed by atoms with Gasteiger partial charge in [0.1, 0.15) is 10.4 Å². The molecule has 1 atom stereocenters. The van der Waals surface area contributed by atoms with Gasteiger partial charge >= 0.3 is 5.97 Å². The topological polar surface area (TPSA) is 104 Å². The molecule has 1 aliphatic heterocycles. The maximum atomic E-state index is 13.2. The van der Waals surface area contributed by atoms with Crippen molar-refractivity contribution in [1.29, 1.82) is 0 Å². The maximum absolute atomic E-state index is 13.2. The molecule has 200 valence electrons. The largest absolute Gasteiger partial charge is 0.480 e. The van der Waals surface area contributed by atoms with Crippen LogP contribution in [0.2, 0.25) is 0 Å². The lowest BCUT2D eigenvalue weighted by atomic mass is 10.0. The van der Waals surface area contributed by atoms with Crippen LogP contribution in [0.4, 0.5) is 0 Å². The van der Waals surface area contributed by atoms with Crippen LogP contribution in [-0.2, 0) is 16.0 Å². The second kappa shape index (κ2) is 12.2. The van der Waals surface area contributed by atoms with Crippen molar-refractivity contribution in [2.24, 2.45) is 5.10 Å². The first-order chi connectivity index (χ1) is 19.3. The summed E-state index contributed by atoms with van der Waals surface area (Å²) in [6, 6.07) is 23.2. The van der Waals surface area contributed by atoms with Crippen molar-refractivity contribution in [3.63, 3.8) is 0 Å². The summed E-state index contributed by atoms with van der Waals surface area (Å²) < 4.78 is 3.09. The molecule has 0 bridgehead atoms. The molecule has 0 aliphatic carbocycles. The summed E-state index contributed by atoms with van der Waals surface area (Å²) in [5.41, 5.74) is 3.24. The molecule has 0 saturated carbocycles. The molecule has 3 aromatic carbocycles. The summed E-state index contributed by atoms with van der Waals surface area (Å²) in [6.45, 7) is 0. The Hall–Kier alpha value is -3.71. The predicted molar refractivity (Wildman–Crippen MR) is 167 cm³/mol. The number of nitrogens with zero attached hydrogens (tertiary/aromatic N) is 4. The Bertz CT molecular complexity index is 1700. The van der Waals surface area contributed by atoms with Crippen molar-refractivity contribution >= 4 is 80.6 Å².